The number of halogens is 3. The lowest BCUT2D eigenvalue weighted by Crippen LogP contribution is -2.47. The molecule has 1 fully saturated rings. The van der Waals surface area contributed by atoms with Crippen LogP contribution in [0.2, 0.25) is 0 Å². The van der Waals surface area contributed by atoms with E-state index < -0.39 is 36.8 Å². The van der Waals surface area contributed by atoms with Crippen molar-refractivity contribution in [1.82, 2.24) is 19.5 Å². The van der Waals surface area contributed by atoms with Crippen LogP contribution in [-0.4, -0.2) is 67.1 Å². The Morgan fingerprint density at radius 1 is 1.52 bits per heavy atom. The number of aliphatic hydroxyl groups excluding tert-OH is 2. The van der Waals surface area contributed by atoms with E-state index >= 15 is 0 Å². The number of nitrogens with zero attached hydrogens (tertiary/aromatic N) is 4. The van der Waals surface area contributed by atoms with E-state index in [9.17, 15) is 19.0 Å². The number of imidazole rings is 1. The monoisotopic (exact) mass is 349 g/mol. The smallest absolute Gasteiger partial charge is 0.312 e. The third kappa shape index (κ3) is 2.33. The number of anilines is 1. The van der Waals surface area contributed by atoms with Gasteiger partial charge in [-0.25, -0.2) is 9.37 Å². The first-order chi connectivity index (χ1) is 11.0. The van der Waals surface area contributed by atoms with Gasteiger partial charge in [-0.15, -0.1) is 11.6 Å². The summed E-state index contributed by atoms with van der Waals surface area (Å²) < 4.78 is 34.6. The predicted octanol–water partition coefficient (Wildman–Crippen LogP) is 0.205. The van der Waals surface area contributed by atoms with Crippen molar-refractivity contribution in [3.05, 3.63) is 12.4 Å². The molecule has 11 heteroatoms. The van der Waals surface area contributed by atoms with Crippen molar-refractivity contribution < 1.29 is 23.7 Å². The molecule has 0 unspecified atom stereocenters. The molecule has 0 spiro atoms. The number of aliphatic hydroxyl groups is 2. The van der Waals surface area contributed by atoms with Crippen LogP contribution in [0.15, 0.2) is 6.33 Å². The van der Waals surface area contributed by atoms with Crippen molar-refractivity contribution in [2.75, 3.05) is 24.9 Å². The van der Waals surface area contributed by atoms with Crippen LogP contribution < -0.4 is 5.32 Å². The normalized spacial score (nSPS) is 31.0. The van der Waals surface area contributed by atoms with Gasteiger partial charge in [-0.2, -0.15) is 14.4 Å². The molecule has 3 N–H and O–H groups in total. The topological polar surface area (TPSA) is 105 Å². The van der Waals surface area contributed by atoms with E-state index in [1.807, 2.05) is 0 Å². The molecule has 0 aliphatic carbocycles. The Labute approximate surface area is 134 Å². The lowest BCUT2D eigenvalue weighted by molar-refractivity contribution is -0.113. The molecule has 126 valence electrons. The van der Waals surface area contributed by atoms with E-state index in [1.165, 1.54) is 13.4 Å². The minimum Gasteiger partial charge on any atom is -0.393 e. The Morgan fingerprint density at radius 2 is 2.26 bits per heavy atom. The molecule has 0 radical (unpaired) electrons. The van der Waals surface area contributed by atoms with Crippen LogP contribution >= 0.6 is 11.6 Å². The SMILES string of the molecule is CNc1nc(F)nc2c1ncn2[C@@H]1O[C@@](CO)(CCl)[C@@H](O)[C@@H]1F. The molecule has 0 bridgehead atoms. The summed E-state index contributed by atoms with van der Waals surface area (Å²) in [4.78, 5) is 11.2. The largest absolute Gasteiger partial charge is 0.393 e. The van der Waals surface area contributed by atoms with Gasteiger partial charge >= 0.3 is 6.08 Å². The van der Waals surface area contributed by atoms with Crippen LogP contribution in [0, 0.1) is 6.08 Å². The number of aromatic nitrogens is 4. The van der Waals surface area contributed by atoms with Crippen molar-refractivity contribution in [3.8, 4) is 0 Å². The lowest BCUT2D eigenvalue weighted by Gasteiger charge is -2.26. The Balaban J connectivity index is 2.09. The average Bonchev–Trinajstić information content (AvgIpc) is 3.07. The van der Waals surface area contributed by atoms with E-state index in [2.05, 4.69) is 20.3 Å². The van der Waals surface area contributed by atoms with Gasteiger partial charge in [0, 0.05) is 7.05 Å². The van der Waals surface area contributed by atoms with Gasteiger partial charge in [-0.05, 0) is 0 Å². The van der Waals surface area contributed by atoms with Gasteiger partial charge in [-0.1, -0.05) is 0 Å². The highest BCUT2D eigenvalue weighted by atomic mass is 35.5. The van der Waals surface area contributed by atoms with E-state index in [1.54, 1.807) is 0 Å². The molecule has 1 saturated heterocycles. The van der Waals surface area contributed by atoms with Crippen LogP contribution in [-0.2, 0) is 4.74 Å². The van der Waals surface area contributed by atoms with Crippen molar-refractivity contribution in [2.45, 2.75) is 24.1 Å². The maximum atomic E-state index is 14.5. The fourth-order valence-electron chi connectivity index (χ4n) is 2.57. The molecule has 23 heavy (non-hydrogen) atoms. The number of nitrogens with one attached hydrogen (secondary N) is 1. The number of ether oxygens (including phenoxy) is 1. The van der Waals surface area contributed by atoms with Crippen LogP contribution in [0.25, 0.3) is 11.2 Å². The standard InChI is InChI=1S/C12H14ClF2N5O3/c1-16-8-6-9(19-11(15)18-8)20(4-17-6)10-5(14)7(22)12(2-13,3-21)23-10/h4-5,7,10,21-22H,2-3H2,1H3,(H,16,18,19)/t5-,7-,10+,12+/m0/s1. The molecule has 8 nitrogen and oxygen atoms in total. The van der Waals surface area contributed by atoms with Crippen molar-refractivity contribution in [3.63, 3.8) is 0 Å². The number of alkyl halides is 2. The maximum absolute atomic E-state index is 14.5. The second kappa shape index (κ2) is 5.78. The molecule has 2 aromatic heterocycles. The molecule has 0 saturated carbocycles. The predicted molar refractivity (Wildman–Crippen MR) is 76.4 cm³/mol. The lowest BCUT2D eigenvalue weighted by atomic mass is 9.99. The second-order valence-corrected chi connectivity index (χ2v) is 5.44. The van der Waals surface area contributed by atoms with Gasteiger partial charge in [0.1, 0.15) is 11.7 Å². The van der Waals surface area contributed by atoms with E-state index in [4.69, 9.17) is 16.3 Å². The fourth-order valence-corrected chi connectivity index (χ4v) is 2.87. The number of rotatable bonds is 4. The summed E-state index contributed by atoms with van der Waals surface area (Å²) in [5.41, 5.74) is -1.45. The molecule has 4 atom stereocenters. The zero-order chi connectivity index (χ0) is 16.8. The van der Waals surface area contributed by atoms with Gasteiger partial charge in [0.05, 0.1) is 18.8 Å². The first-order valence-electron chi connectivity index (χ1n) is 6.72. The summed E-state index contributed by atoms with van der Waals surface area (Å²) in [5.74, 6) is -0.190. The second-order valence-electron chi connectivity index (χ2n) is 5.17. The molecular formula is C12H14ClF2N5O3. The van der Waals surface area contributed by atoms with Crippen LogP contribution in [0.4, 0.5) is 14.6 Å². The molecular weight excluding hydrogens is 336 g/mol. The summed E-state index contributed by atoms with van der Waals surface area (Å²) in [7, 11) is 1.53. The van der Waals surface area contributed by atoms with Gasteiger partial charge in [-0.3, -0.25) is 4.57 Å². The van der Waals surface area contributed by atoms with Crippen molar-refractivity contribution >= 4 is 28.6 Å². The zero-order valence-electron chi connectivity index (χ0n) is 11.9. The third-order valence-electron chi connectivity index (χ3n) is 3.87. The van der Waals surface area contributed by atoms with E-state index in [-0.39, 0.29) is 22.9 Å². The average molecular weight is 350 g/mol. The minimum atomic E-state index is -1.91. The Bertz CT molecular complexity index is 726. The van der Waals surface area contributed by atoms with Gasteiger partial charge in [0.25, 0.3) is 0 Å². The summed E-state index contributed by atoms with van der Waals surface area (Å²) in [6.07, 6.45) is -4.74. The maximum Gasteiger partial charge on any atom is 0.312 e. The van der Waals surface area contributed by atoms with E-state index in [0.29, 0.717) is 0 Å². The van der Waals surface area contributed by atoms with Gasteiger partial charge < -0.3 is 20.3 Å². The Kier molecular flexibility index (Phi) is 4.08. The molecule has 2 aromatic rings. The Hall–Kier alpha value is -1.62. The van der Waals surface area contributed by atoms with Crippen LogP contribution in [0.3, 0.4) is 0 Å². The first kappa shape index (κ1) is 16.2. The van der Waals surface area contributed by atoms with Gasteiger partial charge in [0.2, 0.25) is 0 Å². The highest BCUT2D eigenvalue weighted by molar-refractivity contribution is 6.18. The van der Waals surface area contributed by atoms with Gasteiger partial charge in [0.15, 0.2) is 29.4 Å². The highest BCUT2D eigenvalue weighted by Gasteiger charge is 2.55. The molecule has 3 heterocycles. The van der Waals surface area contributed by atoms with Crippen LogP contribution in [0.1, 0.15) is 6.23 Å². The first-order valence-corrected chi connectivity index (χ1v) is 7.25. The van der Waals surface area contributed by atoms with E-state index in [0.717, 1.165) is 4.57 Å². The summed E-state index contributed by atoms with van der Waals surface area (Å²) >= 11 is 5.71. The quantitative estimate of drug-likeness (QED) is 0.535. The highest BCUT2D eigenvalue weighted by Crippen LogP contribution is 2.40. The molecule has 3 rings (SSSR count). The summed E-state index contributed by atoms with van der Waals surface area (Å²) in [5, 5.41) is 22.1. The third-order valence-corrected chi connectivity index (χ3v) is 4.32. The summed E-state index contributed by atoms with van der Waals surface area (Å²) in [6.45, 7) is -0.674. The minimum absolute atomic E-state index is 0.00925. The zero-order valence-corrected chi connectivity index (χ0v) is 12.7. The van der Waals surface area contributed by atoms with Crippen molar-refractivity contribution in [1.29, 1.82) is 0 Å². The summed E-state index contributed by atoms with van der Waals surface area (Å²) in [6, 6.07) is 0. The fraction of sp³-hybridized carbons (Fsp3) is 0.583. The molecule has 0 amide bonds. The molecule has 0 aromatic carbocycles. The van der Waals surface area contributed by atoms with Crippen molar-refractivity contribution in [2.24, 2.45) is 0 Å². The number of hydrogen-bond donors (Lipinski definition) is 3. The number of fused-ring (bicyclic) bond motifs is 1. The number of hydrogen-bond acceptors (Lipinski definition) is 7. The molecule has 1 aliphatic heterocycles. The molecule has 1 aliphatic rings. The Morgan fingerprint density at radius 3 is 2.83 bits per heavy atom. The van der Waals surface area contributed by atoms with Crippen LogP contribution in [0.5, 0.6) is 0 Å².